The molecule has 0 unspecified atom stereocenters. The van der Waals surface area contributed by atoms with Gasteiger partial charge in [-0.25, -0.2) is 4.98 Å². The molecule has 1 aliphatic heterocycles. The molecule has 1 aromatic heterocycles. The van der Waals surface area contributed by atoms with Crippen LogP contribution in [-0.4, -0.2) is 119 Å². The molecule has 3 atom stereocenters. The minimum absolute atomic E-state index is 0.0497. The number of likely N-dealkylation sites (N-methyl/N-ethyl adjacent to an activating group) is 1. The molecular formula is C36H55N5O8S. The van der Waals surface area contributed by atoms with Crippen molar-refractivity contribution in [2.75, 3.05) is 79.6 Å². The summed E-state index contributed by atoms with van der Waals surface area (Å²) in [7, 11) is 1.74. The van der Waals surface area contributed by atoms with Crippen molar-refractivity contribution in [1.82, 2.24) is 20.5 Å². The van der Waals surface area contributed by atoms with Crippen molar-refractivity contribution in [1.29, 1.82) is 0 Å². The zero-order chi connectivity index (χ0) is 35.6. The molecule has 2 fully saturated rings. The molecule has 4 N–H and O–H groups in total. The Balaban J connectivity index is 1.24. The highest BCUT2D eigenvalue weighted by Gasteiger charge is 2.40. The molecule has 2 aliphatic rings. The lowest BCUT2D eigenvalue weighted by Crippen LogP contribution is -2.55. The fourth-order valence-corrected chi connectivity index (χ4v) is 7.15. The molecule has 1 aliphatic carbocycles. The first-order valence-corrected chi connectivity index (χ1v) is 18.8. The Morgan fingerprint density at radius 2 is 1.58 bits per heavy atom. The molecule has 2 aromatic rings. The molecule has 0 radical (unpaired) electrons. The van der Waals surface area contributed by atoms with E-state index in [1.807, 2.05) is 4.90 Å². The van der Waals surface area contributed by atoms with E-state index in [-0.39, 0.29) is 29.6 Å². The SMILES string of the molecule is CN[C@@H](C)C(=O)N[C@H](C(=O)N1CCC[C@H]1c1nc(C(=O)c2cccc(OCCOCCOCCOCCOCCN)c2)cs1)C1CCCCC1. The van der Waals surface area contributed by atoms with Crippen LogP contribution in [0.15, 0.2) is 29.6 Å². The third kappa shape index (κ3) is 12.4. The van der Waals surface area contributed by atoms with Gasteiger partial charge in [0.25, 0.3) is 0 Å². The van der Waals surface area contributed by atoms with Gasteiger partial charge in [-0.05, 0) is 57.7 Å². The number of amides is 2. The van der Waals surface area contributed by atoms with E-state index in [0.717, 1.165) is 50.0 Å². The topological polar surface area (TPSA) is 164 Å². The third-order valence-electron chi connectivity index (χ3n) is 9.06. The molecule has 2 heterocycles. The molecule has 4 rings (SSSR count). The molecule has 13 nitrogen and oxygen atoms in total. The first kappa shape index (κ1) is 39.8. The summed E-state index contributed by atoms with van der Waals surface area (Å²) in [5.41, 5.74) is 6.18. The quantitative estimate of drug-likeness (QED) is 0.114. The van der Waals surface area contributed by atoms with E-state index in [9.17, 15) is 14.4 Å². The van der Waals surface area contributed by atoms with Crippen molar-refractivity contribution in [2.24, 2.45) is 11.7 Å². The summed E-state index contributed by atoms with van der Waals surface area (Å²) in [6.07, 6.45) is 6.74. The van der Waals surface area contributed by atoms with Gasteiger partial charge in [0.1, 0.15) is 29.1 Å². The predicted octanol–water partition coefficient (Wildman–Crippen LogP) is 3.11. The minimum Gasteiger partial charge on any atom is -0.491 e. The molecule has 0 bridgehead atoms. The summed E-state index contributed by atoms with van der Waals surface area (Å²) in [5.74, 6) is 0.253. The number of carbonyl (C=O) groups excluding carboxylic acids is 3. The van der Waals surface area contributed by atoms with Crippen LogP contribution in [0.4, 0.5) is 0 Å². The van der Waals surface area contributed by atoms with Gasteiger partial charge in [0, 0.05) is 24.0 Å². The second-order valence-corrected chi connectivity index (χ2v) is 13.5. The Morgan fingerprint density at radius 1 is 0.920 bits per heavy atom. The van der Waals surface area contributed by atoms with Crippen LogP contribution < -0.4 is 21.1 Å². The normalized spacial score (nSPS) is 17.8. The van der Waals surface area contributed by atoms with Crippen LogP contribution in [0.2, 0.25) is 0 Å². The second kappa shape index (κ2) is 22.1. The van der Waals surface area contributed by atoms with Crippen LogP contribution in [0, 0.1) is 5.92 Å². The van der Waals surface area contributed by atoms with Crippen LogP contribution in [0.3, 0.4) is 0 Å². The van der Waals surface area contributed by atoms with Gasteiger partial charge in [-0.15, -0.1) is 11.3 Å². The lowest BCUT2D eigenvalue weighted by Gasteiger charge is -2.35. The Labute approximate surface area is 299 Å². The summed E-state index contributed by atoms with van der Waals surface area (Å²) >= 11 is 1.40. The Morgan fingerprint density at radius 3 is 2.24 bits per heavy atom. The zero-order valence-corrected chi connectivity index (χ0v) is 30.4. The van der Waals surface area contributed by atoms with E-state index in [4.69, 9.17) is 34.4 Å². The number of hydrogen-bond acceptors (Lipinski definition) is 12. The third-order valence-corrected chi connectivity index (χ3v) is 10.0. The van der Waals surface area contributed by atoms with Crippen molar-refractivity contribution in [3.05, 3.63) is 45.9 Å². The van der Waals surface area contributed by atoms with Crippen molar-refractivity contribution >= 4 is 28.9 Å². The van der Waals surface area contributed by atoms with Gasteiger partial charge < -0.3 is 45.0 Å². The van der Waals surface area contributed by atoms with Crippen molar-refractivity contribution < 1.29 is 38.1 Å². The van der Waals surface area contributed by atoms with Gasteiger partial charge in [-0.3, -0.25) is 14.4 Å². The predicted molar refractivity (Wildman–Crippen MR) is 191 cm³/mol. The highest BCUT2D eigenvalue weighted by molar-refractivity contribution is 7.10. The first-order chi connectivity index (χ1) is 24.4. The molecule has 50 heavy (non-hydrogen) atoms. The number of rotatable bonds is 23. The fraction of sp³-hybridized carbons (Fsp3) is 0.667. The number of carbonyl (C=O) groups is 3. The van der Waals surface area contributed by atoms with E-state index >= 15 is 0 Å². The van der Waals surface area contributed by atoms with Crippen molar-refractivity contribution in [3.8, 4) is 5.75 Å². The standard InChI is InChI=1S/C36H55N5O8S/c1-26(38-2)34(43)40-32(27-8-4-3-5-9-27)36(44)41-14-7-12-31(41)35-39-30(25-50-35)33(42)28-10-6-11-29(24-28)49-23-22-48-21-20-47-19-18-46-17-16-45-15-13-37/h6,10-11,24-27,31-32,38H,3-5,7-9,12-23,37H2,1-2H3,(H,40,43)/t26-,31-,32-/m0/s1. The second-order valence-electron chi connectivity index (χ2n) is 12.6. The van der Waals surface area contributed by atoms with E-state index in [0.29, 0.717) is 89.6 Å². The fourth-order valence-electron chi connectivity index (χ4n) is 6.21. The Hall–Kier alpha value is -2.98. The molecule has 14 heteroatoms. The van der Waals surface area contributed by atoms with Gasteiger partial charge in [-0.2, -0.15) is 0 Å². The number of nitrogens with two attached hydrogens (primary N) is 1. The number of hydrogen-bond donors (Lipinski definition) is 3. The monoisotopic (exact) mass is 717 g/mol. The average Bonchev–Trinajstić information content (AvgIpc) is 3.84. The van der Waals surface area contributed by atoms with Gasteiger partial charge >= 0.3 is 0 Å². The smallest absolute Gasteiger partial charge is 0.246 e. The molecule has 1 aromatic carbocycles. The first-order valence-electron chi connectivity index (χ1n) is 17.9. The maximum absolute atomic E-state index is 14.1. The maximum Gasteiger partial charge on any atom is 0.246 e. The van der Waals surface area contributed by atoms with Crippen LogP contribution in [-0.2, 0) is 28.5 Å². The number of thiazole rings is 1. The molecule has 0 spiro atoms. The molecular weight excluding hydrogens is 662 g/mol. The number of nitrogens with zero attached hydrogens (tertiary/aromatic N) is 2. The average molecular weight is 718 g/mol. The van der Waals surface area contributed by atoms with Gasteiger partial charge in [0.05, 0.1) is 64.9 Å². The number of ether oxygens (including phenoxy) is 5. The van der Waals surface area contributed by atoms with Crippen molar-refractivity contribution in [2.45, 2.75) is 70.0 Å². The lowest BCUT2D eigenvalue weighted by atomic mass is 9.83. The number of ketones is 1. The summed E-state index contributed by atoms with van der Waals surface area (Å²) in [5, 5.41) is 8.56. The molecule has 2 amide bonds. The summed E-state index contributed by atoms with van der Waals surface area (Å²) in [6, 6.07) is 5.85. The molecule has 1 saturated heterocycles. The zero-order valence-electron chi connectivity index (χ0n) is 29.6. The van der Waals surface area contributed by atoms with Crippen LogP contribution in [0.25, 0.3) is 0 Å². The van der Waals surface area contributed by atoms with Crippen LogP contribution in [0.1, 0.15) is 79.0 Å². The summed E-state index contributed by atoms with van der Waals surface area (Å²) < 4.78 is 27.5. The number of nitrogens with one attached hydrogen (secondary N) is 2. The van der Waals surface area contributed by atoms with E-state index in [1.165, 1.54) is 11.3 Å². The Kier molecular flexibility index (Phi) is 17.6. The summed E-state index contributed by atoms with van der Waals surface area (Å²) in [6.45, 7) is 7.02. The lowest BCUT2D eigenvalue weighted by molar-refractivity contribution is -0.139. The number of aromatic nitrogens is 1. The van der Waals surface area contributed by atoms with E-state index < -0.39 is 12.1 Å². The van der Waals surface area contributed by atoms with Gasteiger partial charge in [-0.1, -0.05) is 31.4 Å². The van der Waals surface area contributed by atoms with Crippen molar-refractivity contribution in [3.63, 3.8) is 0 Å². The highest BCUT2D eigenvalue weighted by Crippen LogP contribution is 2.36. The Bertz CT molecular complexity index is 1320. The van der Waals surface area contributed by atoms with Gasteiger partial charge in [0.2, 0.25) is 17.6 Å². The maximum atomic E-state index is 14.1. The van der Waals surface area contributed by atoms with E-state index in [1.54, 1.807) is 43.6 Å². The van der Waals surface area contributed by atoms with Crippen LogP contribution in [0.5, 0.6) is 5.75 Å². The molecule has 1 saturated carbocycles. The van der Waals surface area contributed by atoms with Crippen LogP contribution >= 0.6 is 11.3 Å². The largest absolute Gasteiger partial charge is 0.491 e. The molecule has 278 valence electrons. The minimum atomic E-state index is -0.565. The number of likely N-dealkylation sites (tertiary alicyclic amines) is 1. The number of benzene rings is 1. The van der Waals surface area contributed by atoms with Gasteiger partial charge in [0.15, 0.2) is 0 Å². The highest BCUT2D eigenvalue weighted by atomic mass is 32.1. The van der Waals surface area contributed by atoms with E-state index in [2.05, 4.69) is 10.6 Å². The summed E-state index contributed by atoms with van der Waals surface area (Å²) in [4.78, 5) is 47.0.